The summed E-state index contributed by atoms with van der Waals surface area (Å²) in [5.41, 5.74) is 0. The zero-order chi connectivity index (χ0) is 9.28. The lowest BCUT2D eigenvalue weighted by atomic mass is 10.1. The molecule has 0 aliphatic heterocycles. The summed E-state index contributed by atoms with van der Waals surface area (Å²) < 4.78 is 2.27. The highest BCUT2D eigenvalue weighted by Crippen LogP contribution is 2.07. The van der Waals surface area contributed by atoms with E-state index < -0.39 is 0 Å². The van der Waals surface area contributed by atoms with E-state index in [9.17, 15) is 0 Å². The summed E-state index contributed by atoms with van der Waals surface area (Å²) in [5, 5.41) is 0. The van der Waals surface area contributed by atoms with Gasteiger partial charge in [-0.2, -0.15) is 0 Å². The maximum Gasteiger partial charge on any atom is 0.0112 e. The van der Waals surface area contributed by atoms with Crippen molar-refractivity contribution in [1.29, 1.82) is 0 Å². The minimum atomic E-state index is 0.836. The Bertz CT molecular complexity index is 58.6. The van der Waals surface area contributed by atoms with Crippen molar-refractivity contribution < 1.29 is 0 Å². The first-order valence-corrected chi connectivity index (χ1v) is 5.64. The zero-order valence-corrected chi connectivity index (χ0v) is 9.66. The average Bonchev–Trinajstić information content (AvgIpc) is 2.07. The number of nitrogens with zero attached hydrogens (tertiary/aromatic N) is 1. The molecule has 1 atom stereocenters. The van der Waals surface area contributed by atoms with Gasteiger partial charge in [-0.25, -0.2) is 0 Å². The summed E-state index contributed by atoms with van der Waals surface area (Å²) in [7, 11) is 2.14. The molecule has 0 radical (unpaired) electrons. The van der Waals surface area contributed by atoms with Crippen LogP contribution in [-0.2, 0) is 0 Å². The van der Waals surface area contributed by atoms with Crippen molar-refractivity contribution in [3.05, 3.63) is 0 Å². The Morgan fingerprint density at radius 1 is 1.36 bits per heavy atom. The lowest BCUT2D eigenvalue weighted by Gasteiger charge is -2.16. The van der Waals surface area contributed by atoms with Crippen LogP contribution < -0.4 is 0 Å². The van der Waals surface area contributed by atoms with Crippen molar-refractivity contribution in [3.63, 3.8) is 0 Å². The molecule has 0 aromatic heterocycles. The van der Waals surface area contributed by atoms with E-state index in [1.54, 1.807) is 11.9 Å². The van der Waals surface area contributed by atoms with Crippen LogP contribution in [0.15, 0.2) is 0 Å². The van der Waals surface area contributed by atoms with E-state index in [-0.39, 0.29) is 0 Å². The molecule has 0 spiro atoms. The highest BCUT2D eigenvalue weighted by Gasteiger charge is 2.01. The van der Waals surface area contributed by atoms with Crippen molar-refractivity contribution in [1.82, 2.24) is 4.31 Å². The van der Waals surface area contributed by atoms with E-state index in [4.69, 9.17) is 0 Å². The number of hydrogen-bond donors (Lipinski definition) is 0. The SMILES string of the molecule is CC.CCC(C)CN(C)SC. The first-order valence-electron chi connectivity index (χ1n) is 4.46. The lowest BCUT2D eigenvalue weighted by molar-refractivity contribution is 0.430. The van der Waals surface area contributed by atoms with Gasteiger partial charge < -0.3 is 0 Å². The Labute approximate surface area is 76.7 Å². The molecule has 0 aliphatic carbocycles. The zero-order valence-electron chi connectivity index (χ0n) is 8.85. The van der Waals surface area contributed by atoms with E-state index in [0.717, 1.165) is 5.92 Å². The number of rotatable bonds is 4. The fourth-order valence-electron chi connectivity index (χ4n) is 0.643. The second kappa shape index (κ2) is 10.3. The molecule has 0 rings (SSSR count). The van der Waals surface area contributed by atoms with Crippen LogP contribution in [-0.4, -0.2) is 24.2 Å². The molecule has 0 N–H and O–H groups in total. The van der Waals surface area contributed by atoms with E-state index >= 15 is 0 Å². The fourth-order valence-corrected chi connectivity index (χ4v) is 1.05. The Hall–Kier alpha value is 0.310. The summed E-state index contributed by atoms with van der Waals surface area (Å²) >= 11 is 1.80. The van der Waals surface area contributed by atoms with Crippen molar-refractivity contribution in [2.75, 3.05) is 19.8 Å². The Morgan fingerprint density at radius 3 is 2.09 bits per heavy atom. The van der Waals surface area contributed by atoms with E-state index in [0.29, 0.717) is 0 Å². The Balaban J connectivity index is 0. The molecule has 1 unspecified atom stereocenters. The predicted molar refractivity (Wildman–Crippen MR) is 56.9 cm³/mol. The third kappa shape index (κ3) is 10.3. The van der Waals surface area contributed by atoms with Crippen LogP contribution in [0.25, 0.3) is 0 Å². The maximum atomic E-state index is 2.28. The summed E-state index contributed by atoms with van der Waals surface area (Å²) in [4.78, 5) is 0. The first kappa shape index (κ1) is 13.9. The van der Waals surface area contributed by atoms with Crippen LogP contribution in [0.4, 0.5) is 0 Å². The van der Waals surface area contributed by atoms with Crippen LogP contribution in [0, 0.1) is 5.92 Å². The van der Waals surface area contributed by atoms with Gasteiger partial charge >= 0.3 is 0 Å². The van der Waals surface area contributed by atoms with Crippen molar-refractivity contribution in [2.24, 2.45) is 5.92 Å². The first-order chi connectivity index (χ1) is 5.20. The highest BCUT2D eigenvalue weighted by atomic mass is 32.2. The average molecular weight is 177 g/mol. The summed E-state index contributed by atoms with van der Waals surface area (Å²) in [6.45, 7) is 9.73. The molecule has 0 saturated heterocycles. The van der Waals surface area contributed by atoms with Gasteiger partial charge in [0.2, 0.25) is 0 Å². The lowest BCUT2D eigenvalue weighted by Crippen LogP contribution is -2.16. The highest BCUT2D eigenvalue weighted by molar-refractivity contribution is 7.96. The van der Waals surface area contributed by atoms with E-state index in [2.05, 4.69) is 31.5 Å². The molecular formula is C9H23NS. The summed E-state index contributed by atoms with van der Waals surface area (Å²) in [6.07, 6.45) is 3.40. The van der Waals surface area contributed by atoms with Gasteiger partial charge in [-0.05, 0) is 19.2 Å². The minimum absolute atomic E-state index is 0.836. The van der Waals surface area contributed by atoms with Crippen LogP contribution in [0.3, 0.4) is 0 Å². The van der Waals surface area contributed by atoms with Gasteiger partial charge in [0.25, 0.3) is 0 Å². The monoisotopic (exact) mass is 177 g/mol. The van der Waals surface area contributed by atoms with Crippen molar-refractivity contribution in [3.8, 4) is 0 Å². The molecule has 11 heavy (non-hydrogen) atoms. The van der Waals surface area contributed by atoms with Gasteiger partial charge in [0.15, 0.2) is 0 Å². The third-order valence-corrected chi connectivity index (χ3v) is 2.35. The molecule has 70 valence electrons. The second-order valence-electron chi connectivity index (χ2n) is 2.51. The summed E-state index contributed by atoms with van der Waals surface area (Å²) in [5.74, 6) is 0.836. The topological polar surface area (TPSA) is 3.24 Å². The second-order valence-corrected chi connectivity index (χ2v) is 3.49. The van der Waals surface area contributed by atoms with Gasteiger partial charge in [-0.15, -0.1) is 0 Å². The van der Waals surface area contributed by atoms with Gasteiger partial charge in [-0.3, -0.25) is 4.31 Å². The molecule has 0 amide bonds. The summed E-state index contributed by atoms with van der Waals surface area (Å²) in [6, 6.07) is 0. The Morgan fingerprint density at radius 2 is 1.82 bits per heavy atom. The van der Waals surface area contributed by atoms with Gasteiger partial charge in [0.1, 0.15) is 0 Å². The molecule has 0 aromatic rings. The molecule has 0 aliphatic rings. The predicted octanol–water partition coefficient (Wildman–Crippen LogP) is 3.27. The molecule has 2 heteroatoms. The van der Waals surface area contributed by atoms with Crippen LogP contribution in [0.5, 0.6) is 0 Å². The van der Waals surface area contributed by atoms with Gasteiger partial charge in [0, 0.05) is 6.54 Å². The minimum Gasteiger partial charge on any atom is -0.254 e. The van der Waals surface area contributed by atoms with Gasteiger partial charge in [-0.1, -0.05) is 46.1 Å². The largest absolute Gasteiger partial charge is 0.254 e. The molecule has 0 heterocycles. The van der Waals surface area contributed by atoms with Crippen LogP contribution in [0.2, 0.25) is 0 Å². The molecule has 0 saturated carbocycles. The van der Waals surface area contributed by atoms with Crippen molar-refractivity contribution in [2.45, 2.75) is 34.1 Å². The maximum absolute atomic E-state index is 2.28. The van der Waals surface area contributed by atoms with Crippen LogP contribution >= 0.6 is 11.9 Å². The fraction of sp³-hybridized carbons (Fsp3) is 1.00. The Kier molecular flexibility index (Phi) is 13.0. The van der Waals surface area contributed by atoms with Crippen molar-refractivity contribution >= 4 is 11.9 Å². The van der Waals surface area contributed by atoms with Crippen LogP contribution in [0.1, 0.15) is 34.1 Å². The van der Waals surface area contributed by atoms with Gasteiger partial charge in [0.05, 0.1) is 0 Å². The quantitative estimate of drug-likeness (QED) is 0.606. The molecule has 1 nitrogen and oxygen atoms in total. The normalized spacial score (nSPS) is 12.3. The van der Waals surface area contributed by atoms with E-state index in [1.807, 2.05) is 13.8 Å². The molecule has 0 aromatic carbocycles. The standard InChI is InChI=1S/C7H17NS.C2H6/c1-5-7(2)6-8(3)9-4;1-2/h7H,5-6H2,1-4H3;1-2H3. The van der Waals surface area contributed by atoms with E-state index in [1.165, 1.54) is 13.0 Å². The third-order valence-electron chi connectivity index (χ3n) is 1.58. The molecule has 0 bridgehead atoms. The number of hydrogen-bond acceptors (Lipinski definition) is 2. The smallest absolute Gasteiger partial charge is 0.0112 e. The molecular weight excluding hydrogens is 154 g/mol. The molecule has 0 fully saturated rings.